The summed E-state index contributed by atoms with van der Waals surface area (Å²) < 4.78 is 10.4. The van der Waals surface area contributed by atoms with Gasteiger partial charge >= 0.3 is 0 Å². The van der Waals surface area contributed by atoms with Gasteiger partial charge in [-0.05, 0) is 6.07 Å². The van der Waals surface area contributed by atoms with Gasteiger partial charge in [0.05, 0.1) is 14.2 Å². The van der Waals surface area contributed by atoms with E-state index in [0.29, 0.717) is 18.0 Å². The van der Waals surface area contributed by atoms with Crippen LogP contribution in [0.25, 0.3) is 0 Å². The second-order valence-electron chi connectivity index (χ2n) is 4.46. The Morgan fingerprint density at radius 1 is 1.32 bits per heavy atom. The Kier molecular flexibility index (Phi) is 4.74. The van der Waals surface area contributed by atoms with Crippen LogP contribution in [0.2, 0.25) is 5.02 Å². The molecule has 1 aromatic carbocycles. The van der Waals surface area contributed by atoms with Crippen molar-refractivity contribution in [2.75, 3.05) is 40.4 Å². The van der Waals surface area contributed by atoms with E-state index in [-0.39, 0.29) is 10.8 Å². The molecular weight excluding hydrogens is 268 g/mol. The van der Waals surface area contributed by atoms with Crippen molar-refractivity contribution in [1.29, 1.82) is 0 Å². The number of benzene rings is 1. The number of phenols is 1. The Morgan fingerprint density at radius 3 is 2.58 bits per heavy atom. The number of rotatable bonds is 4. The van der Waals surface area contributed by atoms with Crippen molar-refractivity contribution >= 4 is 11.6 Å². The molecule has 1 saturated heterocycles. The lowest BCUT2D eigenvalue weighted by Gasteiger charge is -2.27. The van der Waals surface area contributed by atoms with Gasteiger partial charge in [0, 0.05) is 38.3 Å². The Morgan fingerprint density at radius 2 is 2.00 bits per heavy atom. The summed E-state index contributed by atoms with van der Waals surface area (Å²) in [5, 5.41) is 13.6. The van der Waals surface area contributed by atoms with Gasteiger partial charge in [-0.25, -0.2) is 0 Å². The molecule has 0 radical (unpaired) electrons. The van der Waals surface area contributed by atoms with Crippen LogP contribution in [0.3, 0.4) is 0 Å². The standard InChI is InChI=1S/C13H19ClN2O3/c1-18-10-7-9(8-16-5-3-15-4-6-16)12(17)11(14)13(10)19-2/h7,15,17H,3-6,8H2,1-2H3. The van der Waals surface area contributed by atoms with E-state index in [1.165, 1.54) is 7.11 Å². The fraction of sp³-hybridized carbons (Fsp3) is 0.538. The number of hydrogen-bond acceptors (Lipinski definition) is 5. The van der Waals surface area contributed by atoms with Gasteiger partial charge in [0.15, 0.2) is 11.5 Å². The van der Waals surface area contributed by atoms with Crippen LogP contribution in [-0.4, -0.2) is 50.4 Å². The molecule has 2 rings (SSSR count). The molecular formula is C13H19ClN2O3. The van der Waals surface area contributed by atoms with E-state index < -0.39 is 0 Å². The Labute approximate surface area is 118 Å². The minimum absolute atomic E-state index is 0.0675. The number of phenolic OH excluding ortho intramolecular Hbond substituents is 1. The molecule has 19 heavy (non-hydrogen) atoms. The highest BCUT2D eigenvalue weighted by molar-refractivity contribution is 6.33. The predicted octanol–water partition coefficient (Wildman–Crippen LogP) is 1.47. The molecule has 1 aromatic rings. The summed E-state index contributed by atoms with van der Waals surface area (Å²) in [6.07, 6.45) is 0. The van der Waals surface area contributed by atoms with Crippen LogP contribution in [0.4, 0.5) is 0 Å². The summed E-state index contributed by atoms with van der Waals surface area (Å²) in [5.74, 6) is 0.971. The van der Waals surface area contributed by atoms with E-state index in [0.717, 1.165) is 31.7 Å². The van der Waals surface area contributed by atoms with Crippen LogP contribution in [-0.2, 0) is 6.54 Å². The molecule has 0 unspecified atom stereocenters. The van der Waals surface area contributed by atoms with Crippen molar-refractivity contribution < 1.29 is 14.6 Å². The quantitative estimate of drug-likeness (QED) is 0.878. The first-order valence-corrected chi connectivity index (χ1v) is 6.60. The van der Waals surface area contributed by atoms with Crippen molar-refractivity contribution in [3.8, 4) is 17.2 Å². The van der Waals surface area contributed by atoms with E-state index in [9.17, 15) is 5.11 Å². The summed E-state index contributed by atoms with van der Waals surface area (Å²) in [4.78, 5) is 2.26. The number of aromatic hydroxyl groups is 1. The normalized spacial score (nSPS) is 16.4. The zero-order valence-electron chi connectivity index (χ0n) is 11.2. The SMILES string of the molecule is COc1cc(CN2CCNCC2)c(O)c(Cl)c1OC. The van der Waals surface area contributed by atoms with E-state index in [1.54, 1.807) is 13.2 Å². The summed E-state index contributed by atoms with van der Waals surface area (Å²) in [7, 11) is 3.05. The van der Waals surface area contributed by atoms with Crippen molar-refractivity contribution in [3.05, 3.63) is 16.7 Å². The van der Waals surface area contributed by atoms with Crippen LogP contribution >= 0.6 is 11.6 Å². The maximum absolute atomic E-state index is 10.2. The molecule has 2 N–H and O–H groups in total. The third-order valence-electron chi connectivity index (χ3n) is 3.27. The van der Waals surface area contributed by atoms with E-state index in [1.807, 2.05) is 0 Å². The maximum atomic E-state index is 10.2. The number of piperazine rings is 1. The van der Waals surface area contributed by atoms with Gasteiger partial charge in [-0.1, -0.05) is 11.6 Å². The molecule has 0 amide bonds. The van der Waals surface area contributed by atoms with Gasteiger partial charge in [0.1, 0.15) is 10.8 Å². The fourth-order valence-electron chi connectivity index (χ4n) is 2.22. The third kappa shape index (κ3) is 3.05. The second-order valence-corrected chi connectivity index (χ2v) is 4.84. The van der Waals surface area contributed by atoms with Gasteiger partial charge < -0.3 is 19.9 Å². The maximum Gasteiger partial charge on any atom is 0.183 e. The average molecular weight is 287 g/mol. The molecule has 0 bridgehead atoms. The minimum atomic E-state index is 0.0675. The largest absolute Gasteiger partial charge is 0.506 e. The van der Waals surface area contributed by atoms with Crippen molar-refractivity contribution in [1.82, 2.24) is 10.2 Å². The van der Waals surface area contributed by atoms with Gasteiger partial charge in [-0.15, -0.1) is 0 Å². The van der Waals surface area contributed by atoms with Crippen molar-refractivity contribution in [2.24, 2.45) is 0 Å². The topological polar surface area (TPSA) is 54.0 Å². The number of methoxy groups -OCH3 is 2. The lowest BCUT2D eigenvalue weighted by Crippen LogP contribution is -2.42. The summed E-state index contributed by atoms with van der Waals surface area (Å²) in [6.45, 7) is 4.47. The molecule has 5 nitrogen and oxygen atoms in total. The van der Waals surface area contributed by atoms with Gasteiger partial charge in [-0.2, -0.15) is 0 Å². The molecule has 1 aliphatic heterocycles. The highest BCUT2D eigenvalue weighted by Crippen LogP contribution is 2.43. The fourth-order valence-corrected chi connectivity index (χ4v) is 2.51. The van der Waals surface area contributed by atoms with E-state index in [2.05, 4.69) is 10.2 Å². The zero-order valence-corrected chi connectivity index (χ0v) is 12.0. The molecule has 0 aliphatic carbocycles. The Balaban J connectivity index is 2.26. The van der Waals surface area contributed by atoms with Crippen molar-refractivity contribution in [3.63, 3.8) is 0 Å². The number of hydrogen-bond donors (Lipinski definition) is 2. The highest BCUT2D eigenvalue weighted by atomic mass is 35.5. The molecule has 0 aromatic heterocycles. The Bertz CT molecular complexity index is 448. The number of halogens is 1. The molecule has 1 aliphatic rings. The molecule has 1 fully saturated rings. The zero-order chi connectivity index (χ0) is 13.8. The average Bonchev–Trinajstić information content (AvgIpc) is 2.45. The molecule has 1 heterocycles. The second kappa shape index (κ2) is 6.32. The number of ether oxygens (including phenoxy) is 2. The molecule has 0 atom stereocenters. The summed E-state index contributed by atoms with van der Waals surface area (Å²) in [6, 6.07) is 1.78. The predicted molar refractivity (Wildman–Crippen MR) is 74.4 cm³/mol. The van der Waals surface area contributed by atoms with Crippen molar-refractivity contribution in [2.45, 2.75) is 6.54 Å². The smallest absolute Gasteiger partial charge is 0.183 e. The lowest BCUT2D eigenvalue weighted by atomic mass is 10.1. The highest BCUT2D eigenvalue weighted by Gasteiger charge is 2.20. The molecule has 6 heteroatoms. The summed E-state index contributed by atoms with van der Waals surface area (Å²) in [5.41, 5.74) is 0.754. The first-order valence-electron chi connectivity index (χ1n) is 6.22. The lowest BCUT2D eigenvalue weighted by molar-refractivity contribution is 0.230. The molecule has 0 saturated carbocycles. The minimum Gasteiger partial charge on any atom is -0.506 e. The van der Waals surface area contributed by atoms with E-state index in [4.69, 9.17) is 21.1 Å². The third-order valence-corrected chi connectivity index (χ3v) is 3.62. The van der Waals surface area contributed by atoms with Gasteiger partial charge in [-0.3, -0.25) is 4.90 Å². The van der Waals surface area contributed by atoms with Gasteiger partial charge in [0.2, 0.25) is 0 Å². The number of nitrogens with zero attached hydrogens (tertiary/aromatic N) is 1. The molecule has 0 spiro atoms. The van der Waals surface area contributed by atoms with Crippen LogP contribution in [0.5, 0.6) is 17.2 Å². The Hall–Kier alpha value is -1.17. The van der Waals surface area contributed by atoms with Crippen LogP contribution in [0.15, 0.2) is 6.07 Å². The number of nitrogens with one attached hydrogen (secondary N) is 1. The van der Waals surface area contributed by atoms with Crippen LogP contribution < -0.4 is 14.8 Å². The first kappa shape index (κ1) is 14.2. The summed E-state index contributed by atoms with van der Waals surface area (Å²) >= 11 is 6.11. The van der Waals surface area contributed by atoms with Crippen LogP contribution in [0.1, 0.15) is 5.56 Å². The van der Waals surface area contributed by atoms with E-state index >= 15 is 0 Å². The first-order chi connectivity index (χ1) is 9.17. The van der Waals surface area contributed by atoms with Crippen LogP contribution in [0, 0.1) is 0 Å². The van der Waals surface area contributed by atoms with Gasteiger partial charge in [0.25, 0.3) is 0 Å². The monoisotopic (exact) mass is 286 g/mol. The molecule has 106 valence electrons.